The van der Waals surface area contributed by atoms with Gasteiger partial charge in [-0.15, -0.1) is 11.3 Å². The summed E-state index contributed by atoms with van der Waals surface area (Å²) in [7, 11) is 0. The topological polar surface area (TPSA) is 87.2 Å². The Hall–Kier alpha value is -3.26. The summed E-state index contributed by atoms with van der Waals surface area (Å²) >= 11 is 1.50. The van der Waals surface area contributed by atoms with Gasteiger partial charge in [-0.25, -0.2) is 9.97 Å². The zero-order valence-corrected chi connectivity index (χ0v) is 16.9. The van der Waals surface area contributed by atoms with Crippen molar-refractivity contribution in [3.63, 3.8) is 0 Å². The van der Waals surface area contributed by atoms with Gasteiger partial charge in [-0.2, -0.15) is 0 Å². The van der Waals surface area contributed by atoms with Crippen LogP contribution in [0.15, 0.2) is 52.1 Å². The van der Waals surface area contributed by atoms with Crippen molar-refractivity contribution < 1.29 is 13.9 Å². The Labute approximate surface area is 170 Å². The quantitative estimate of drug-likeness (QED) is 0.449. The van der Waals surface area contributed by atoms with Crippen molar-refractivity contribution in [2.45, 2.75) is 33.4 Å². The van der Waals surface area contributed by atoms with Crippen molar-refractivity contribution >= 4 is 27.5 Å². The molecule has 0 aliphatic heterocycles. The number of ether oxygens (including phenoxy) is 1. The van der Waals surface area contributed by atoms with E-state index < -0.39 is 5.97 Å². The number of rotatable bonds is 6. The van der Waals surface area contributed by atoms with Crippen molar-refractivity contribution in [2.75, 3.05) is 0 Å². The van der Waals surface area contributed by atoms with E-state index in [2.05, 4.69) is 9.97 Å². The van der Waals surface area contributed by atoms with Gasteiger partial charge in [0.05, 0.1) is 18.1 Å². The molecule has 3 aromatic heterocycles. The van der Waals surface area contributed by atoms with Crippen LogP contribution in [0.4, 0.5) is 0 Å². The second kappa shape index (κ2) is 8.00. The average molecular weight is 409 g/mol. The van der Waals surface area contributed by atoms with Gasteiger partial charge in [0.25, 0.3) is 5.56 Å². The minimum atomic E-state index is -0.417. The van der Waals surface area contributed by atoms with Crippen LogP contribution in [0.1, 0.15) is 22.6 Å². The fourth-order valence-corrected chi connectivity index (χ4v) is 3.94. The van der Waals surface area contributed by atoms with Gasteiger partial charge in [-0.05, 0) is 31.5 Å². The Balaban J connectivity index is 1.36. The Morgan fingerprint density at radius 3 is 2.83 bits per heavy atom. The van der Waals surface area contributed by atoms with Crippen LogP contribution in [0.2, 0.25) is 0 Å². The molecular formula is C21H19N3O4S. The summed E-state index contributed by atoms with van der Waals surface area (Å²) < 4.78 is 12.1. The second-order valence-corrected chi connectivity index (χ2v) is 7.83. The molecule has 0 spiro atoms. The van der Waals surface area contributed by atoms with Crippen LogP contribution in [-0.2, 0) is 22.7 Å². The third-order valence-corrected chi connectivity index (χ3v) is 5.78. The first-order chi connectivity index (χ1) is 14.0. The Bertz CT molecular complexity index is 1220. The van der Waals surface area contributed by atoms with Gasteiger partial charge in [0.15, 0.2) is 0 Å². The molecule has 0 bridgehead atoms. The number of oxazole rings is 1. The number of carbonyl (C=O) groups excluding carboxylic acids is 1. The fourth-order valence-electron chi connectivity index (χ4n) is 2.95. The summed E-state index contributed by atoms with van der Waals surface area (Å²) in [4.78, 5) is 35.2. The molecule has 0 saturated carbocycles. The Kier molecular flexibility index (Phi) is 5.26. The van der Waals surface area contributed by atoms with Crippen LogP contribution in [0, 0.1) is 13.8 Å². The van der Waals surface area contributed by atoms with E-state index in [0.29, 0.717) is 17.0 Å². The molecule has 0 aliphatic rings. The lowest BCUT2D eigenvalue weighted by Crippen LogP contribution is -2.22. The van der Waals surface area contributed by atoms with Gasteiger partial charge in [-0.3, -0.25) is 14.2 Å². The molecule has 0 atom stereocenters. The predicted molar refractivity (Wildman–Crippen MR) is 110 cm³/mol. The number of thiophene rings is 1. The average Bonchev–Trinajstić information content (AvgIpc) is 3.32. The summed E-state index contributed by atoms with van der Waals surface area (Å²) in [6.45, 7) is 4.11. The highest BCUT2D eigenvalue weighted by Gasteiger charge is 2.14. The summed E-state index contributed by atoms with van der Waals surface area (Å²) in [5.74, 6) is 0.0588. The maximum absolute atomic E-state index is 12.6. The van der Waals surface area contributed by atoms with Crippen molar-refractivity contribution in [1.82, 2.24) is 14.5 Å². The molecule has 0 amide bonds. The van der Waals surface area contributed by atoms with E-state index >= 15 is 0 Å². The van der Waals surface area contributed by atoms with Gasteiger partial charge < -0.3 is 9.15 Å². The first-order valence-electron chi connectivity index (χ1n) is 9.13. The minimum absolute atomic E-state index is 0.0180. The zero-order chi connectivity index (χ0) is 20.4. The number of carbonyl (C=O) groups is 1. The van der Waals surface area contributed by atoms with Crippen LogP contribution in [0.25, 0.3) is 21.7 Å². The maximum atomic E-state index is 12.6. The number of benzene rings is 1. The lowest BCUT2D eigenvalue weighted by Gasteiger charge is -2.06. The van der Waals surface area contributed by atoms with Crippen molar-refractivity contribution in [3.05, 3.63) is 69.4 Å². The van der Waals surface area contributed by atoms with Gasteiger partial charge in [-0.1, -0.05) is 18.2 Å². The molecule has 0 radical (unpaired) electrons. The van der Waals surface area contributed by atoms with E-state index in [9.17, 15) is 9.59 Å². The summed E-state index contributed by atoms with van der Waals surface area (Å²) in [5, 5.41) is 0.624. The summed E-state index contributed by atoms with van der Waals surface area (Å²) in [6.07, 6.45) is 3.02. The third-order valence-electron chi connectivity index (χ3n) is 4.67. The molecule has 29 heavy (non-hydrogen) atoms. The molecule has 148 valence electrons. The highest BCUT2D eigenvalue weighted by atomic mass is 32.1. The molecule has 4 rings (SSSR count). The van der Waals surface area contributed by atoms with E-state index in [0.717, 1.165) is 20.8 Å². The molecule has 0 fully saturated rings. The molecular weight excluding hydrogens is 390 g/mol. The third kappa shape index (κ3) is 3.97. The van der Waals surface area contributed by atoms with Crippen LogP contribution < -0.4 is 5.56 Å². The number of hydrogen-bond acceptors (Lipinski definition) is 7. The molecule has 0 unspecified atom stereocenters. The van der Waals surface area contributed by atoms with Gasteiger partial charge in [0.2, 0.25) is 5.89 Å². The van der Waals surface area contributed by atoms with Crippen molar-refractivity contribution in [1.29, 1.82) is 0 Å². The molecule has 0 saturated heterocycles. The first kappa shape index (κ1) is 19.1. The van der Waals surface area contributed by atoms with E-state index in [-0.39, 0.29) is 25.1 Å². The molecule has 1 aromatic carbocycles. The maximum Gasteiger partial charge on any atom is 0.307 e. The highest BCUT2D eigenvalue weighted by molar-refractivity contribution is 7.18. The zero-order valence-electron chi connectivity index (χ0n) is 16.0. The van der Waals surface area contributed by atoms with Crippen molar-refractivity contribution in [2.24, 2.45) is 0 Å². The van der Waals surface area contributed by atoms with Gasteiger partial charge in [0, 0.05) is 17.0 Å². The fraction of sp³-hybridized carbons (Fsp3) is 0.238. The first-order valence-corrected chi connectivity index (χ1v) is 9.95. The number of hydrogen-bond donors (Lipinski definition) is 0. The van der Waals surface area contributed by atoms with Crippen LogP contribution in [-0.4, -0.2) is 20.5 Å². The van der Waals surface area contributed by atoms with Crippen LogP contribution in [0.5, 0.6) is 0 Å². The smallest absolute Gasteiger partial charge is 0.307 e. The number of aromatic nitrogens is 3. The molecule has 8 heteroatoms. The standard InChI is InChI=1S/C21H19N3O4S/c1-13-14(2)29-20-18(13)21(26)24(12-22-20)9-8-17(25)27-10-16-11-28-19(23-16)15-6-4-3-5-7-15/h3-7,11-12H,8-10H2,1-2H3. The van der Waals surface area contributed by atoms with E-state index in [1.807, 2.05) is 44.2 Å². The van der Waals surface area contributed by atoms with E-state index in [1.54, 1.807) is 0 Å². The van der Waals surface area contributed by atoms with Crippen LogP contribution in [0.3, 0.4) is 0 Å². The monoisotopic (exact) mass is 409 g/mol. The number of fused-ring (bicyclic) bond motifs is 1. The van der Waals surface area contributed by atoms with E-state index in [1.165, 1.54) is 28.5 Å². The lowest BCUT2D eigenvalue weighted by atomic mass is 10.2. The normalized spacial score (nSPS) is 11.1. The summed E-state index contributed by atoms with van der Waals surface area (Å²) in [6, 6.07) is 9.48. The number of nitrogens with zero attached hydrogens (tertiary/aromatic N) is 3. The highest BCUT2D eigenvalue weighted by Crippen LogP contribution is 2.25. The van der Waals surface area contributed by atoms with Crippen molar-refractivity contribution in [3.8, 4) is 11.5 Å². The second-order valence-electron chi connectivity index (χ2n) is 6.63. The summed E-state index contributed by atoms with van der Waals surface area (Å²) in [5.41, 5.74) is 2.20. The predicted octanol–water partition coefficient (Wildman–Crippen LogP) is 3.86. The SMILES string of the molecule is Cc1sc2ncn(CCC(=O)OCc3coc(-c4ccccc4)n3)c(=O)c2c1C. The molecule has 0 aliphatic carbocycles. The van der Waals surface area contributed by atoms with Crippen LogP contribution >= 0.6 is 11.3 Å². The van der Waals surface area contributed by atoms with Gasteiger partial charge in [0.1, 0.15) is 23.4 Å². The number of aryl methyl sites for hydroxylation is 3. The molecule has 3 heterocycles. The molecule has 4 aromatic rings. The largest absolute Gasteiger partial charge is 0.459 e. The Morgan fingerprint density at radius 1 is 1.24 bits per heavy atom. The molecule has 7 nitrogen and oxygen atoms in total. The van der Waals surface area contributed by atoms with Gasteiger partial charge >= 0.3 is 5.97 Å². The Morgan fingerprint density at radius 2 is 2.03 bits per heavy atom. The molecule has 0 N–H and O–H groups in total. The minimum Gasteiger partial charge on any atom is -0.459 e. The number of esters is 1. The van der Waals surface area contributed by atoms with E-state index in [4.69, 9.17) is 9.15 Å². The lowest BCUT2D eigenvalue weighted by molar-refractivity contribution is -0.145.